The zero-order valence-electron chi connectivity index (χ0n) is 22.7. The van der Waals surface area contributed by atoms with Crippen molar-refractivity contribution in [2.75, 3.05) is 26.7 Å². The van der Waals surface area contributed by atoms with Gasteiger partial charge in [0.05, 0.1) is 11.1 Å². The second-order valence-corrected chi connectivity index (χ2v) is 11.1. The highest BCUT2D eigenvalue weighted by molar-refractivity contribution is 6.33. The second-order valence-electron chi connectivity index (χ2n) is 10.7. The van der Waals surface area contributed by atoms with Crippen LogP contribution in [0.1, 0.15) is 43.6 Å². The summed E-state index contributed by atoms with van der Waals surface area (Å²) in [4.78, 5) is 28.2. The fourth-order valence-corrected chi connectivity index (χ4v) is 6.04. The van der Waals surface area contributed by atoms with Crippen LogP contribution in [0.2, 0.25) is 5.02 Å². The topological polar surface area (TPSA) is 138 Å². The molecule has 1 saturated carbocycles. The first-order chi connectivity index (χ1) is 18.7. The molecule has 0 radical (unpaired) electrons. The van der Waals surface area contributed by atoms with Crippen LogP contribution in [-0.4, -0.2) is 60.0 Å². The highest BCUT2D eigenvalue weighted by Crippen LogP contribution is 2.43. The number of amides is 1. The summed E-state index contributed by atoms with van der Waals surface area (Å²) in [6.07, 6.45) is 3.00. The standard InChI is InChI=1S/C29H34ClN3O6.2ClH/c1-33-11-10-18(23(36)15-33)26-25(39-29(37)32-14-16-6-2-5-9-20(16)31)13-22(35)27-21(34)12-24(38-28(26)27)17-7-3-4-8-19(17)30;;/h3-4,7-8,12-13,16,18,20,23,35-36H,2,5-6,9-11,14-15,31H2,1H3,(H,32,37);2*1H/t16-,18-,20+,23+;;/m0../s1. The molecule has 5 rings (SSSR count). The number of nitrogens with one attached hydrogen (secondary N) is 1. The molecule has 4 atom stereocenters. The minimum absolute atomic E-state index is 0. The second kappa shape index (κ2) is 14.1. The lowest BCUT2D eigenvalue weighted by Gasteiger charge is -2.34. The van der Waals surface area contributed by atoms with E-state index >= 15 is 0 Å². The minimum atomic E-state index is -0.823. The number of hydrogen-bond donors (Lipinski definition) is 4. The molecule has 3 aromatic rings. The summed E-state index contributed by atoms with van der Waals surface area (Å²) in [7, 11) is 1.91. The molecule has 41 heavy (non-hydrogen) atoms. The van der Waals surface area contributed by atoms with Gasteiger partial charge in [0.1, 0.15) is 28.2 Å². The molecule has 9 nitrogen and oxygen atoms in total. The van der Waals surface area contributed by atoms with Gasteiger partial charge >= 0.3 is 6.09 Å². The fourth-order valence-electron chi connectivity index (χ4n) is 5.81. The summed E-state index contributed by atoms with van der Waals surface area (Å²) in [6.45, 7) is 1.42. The number of nitrogens with zero attached hydrogens (tertiary/aromatic N) is 1. The van der Waals surface area contributed by atoms with Crippen LogP contribution in [0.4, 0.5) is 4.79 Å². The number of aliphatic hydroxyl groups is 1. The van der Waals surface area contributed by atoms with Crippen molar-refractivity contribution in [3.63, 3.8) is 0 Å². The Bertz CT molecular complexity index is 1430. The fraction of sp³-hybridized carbons (Fsp3) is 0.448. The first kappa shape index (κ1) is 33.0. The molecule has 2 aromatic carbocycles. The first-order valence-corrected chi connectivity index (χ1v) is 13.8. The van der Waals surface area contributed by atoms with Crippen LogP contribution in [0.15, 0.2) is 45.6 Å². The largest absolute Gasteiger partial charge is 0.507 e. The zero-order chi connectivity index (χ0) is 27.7. The Balaban J connectivity index is 0.00000231. The van der Waals surface area contributed by atoms with Gasteiger partial charge in [-0.2, -0.15) is 0 Å². The van der Waals surface area contributed by atoms with Crippen molar-refractivity contribution in [1.29, 1.82) is 0 Å². The molecule has 1 aromatic heterocycles. The maximum atomic E-state index is 13.2. The number of fused-ring (bicyclic) bond motifs is 1. The van der Waals surface area contributed by atoms with Gasteiger partial charge in [-0.3, -0.25) is 4.79 Å². The van der Waals surface area contributed by atoms with E-state index in [0.717, 1.165) is 25.7 Å². The maximum Gasteiger partial charge on any atom is 0.412 e. The van der Waals surface area contributed by atoms with Gasteiger partial charge in [0.2, 0.25) is 0 Å². The van der Waals surface area contributed by atoms with Crippen LogP contribution in [0, 0.1) is 5.92 Å². The summed E-state index contributed by atoms with van der Waals surface area (Å²) < 4.78 is 12.0. The van der Waals surface area contributed by atoms with Crippen molar-refractivity contribution in [2.45, 2.75) is 50.2 Å². The number of halogens is 3. The van der Waals surface area contributed by atoms with Gasteiger partial charge in [-0.15, -0.1) is 24.8 Å². The third kappa shape index (κ3) is 7.10. The molecule has 5 N–H and O–H groups in total. The molecule has 2 fully saturated rings. The van der Waals surface area contributed by atoms with Crippen molar-refractivity contribution < 1.29 is 24.2 Å². The molecule has 1 amide bonds. The molecule has 1 aliphatic heterocycles. The van der Waals surface area contributed by atoms with Crippen LogP contribution >= 0.6 is 36.4 Å². The van der Waals surface area contributed by atoms with E-state index < -0.39 is 23.5 Å². The molecule has 12 heteroatoms. The Morgan fingerprint density at radius 1 is 1.20 bits per heavy atom. The monoisotopic (exact) mass is 627 g/mol. The SMILES string of the molecule is CN1CC[C@H](c2c(OC(=O)NC[C@@H]3CCCC[C@H]3N)cc(O)c3c(=O)cc(-c4ccccc4Cl)oc23)[C@H](O)C1.Cl.Cl. The normalized spacial score (nSPS) is 22.8. The van der Waals surface area contributed by atoms with E-state index in [4.69, 9.17) is 26.5 Å². The number of phenolic OH excluding ortho intramolecular Hbond substituents is 1. The molecule has 2 aliphatic rings. The predicted molar refractivity (Wildman–Crippen MR) is 164 cm³/mol. The van der Waals surface area contributed by atoms with Crippen molar-refractivity contribution in [1.82, 2.24) is 10.2 Å². The Morgan fingerprint density at radius 3 is 2.63 bits per heavy atom. The summed E-state index contributed by atoms with van der Waals surface area (Å²) in [5.74, 6) is -0.508. The van der Waals surface area contributed by atoms with E-state index in [2.05, 4.69) is 5.32 Å². The zero-order valence-corrected chi connectivity index (χ0v) is 25.1. The molecule has 0 bridgehead atoms. The Morgan fingerprint density at radius 2 is 1.93 bits per heavy atom. The van der Waals surface area contributed by atoms with E-state index in [0.29, 0.717) is 42.2 Å². The van der Waals surface area contributed by atoms with Crippen LogP contribution in [0.3, 0.4) is 0 Å². The van der Waals surface area contributed by atoms with Gasteiger partial charge in [0.15, 0.2) is 5.43 Å². The third-order valence-electron chi connectivity index (χ3n) is 7.96. The highest BCUT2D eigenvalue weighted by atomic mass is 35.5. The van der Waals surface area contributed by atoms with Crippen LogP contribution in [-0.2, 0) is 0 Å². The summed E-state index contributed by atoms with van der Waals surface area (Å²) >= 11 is 6.39. The van der Waals surface area contributed by atoms with E-state index in [-0.39, 0.29) is 65.0 Å². The number of likely N-dealkylation sites (tertiary alicyclic amines) is 1. The number of aliphatic hydroxyl groups excluding tert-OH is 1. The summed E-state index contributed by atoms with van der Waals surface area (Å²) in [5.41, 5.74) is 6.67. The number of carbonyl (C=O) groups excluding carboxylic acids is 1. The number of nitrogens with two attached hydrogens (primary N) is 1. The minimum Gasteiger partial charge on any atom is -0.507 e. The van der Waals surface area contributed by atoms with Crippen molar-refractivity contribution in [2.24, 2.45) is 11.7 Å². The number of β-amino-alcohol motifs (C(OH)–C–C–N with tert-alkyl or cyclic N) is 1. The van der Waals surface area contributed by atoms with Gasteiger partial charge < -0.3 is 35.3 Å². The average molecular weight is 629 g/mol. The molecule has 1 saturated heterocycles. The van der Waals surface area contributed by atoms with E-state index in [1.165, 1.54) is 12.1 Å². The number of benzene rings is 2. The van der Waals surface area contributed by atoms with Crippen LogP contribution in [0.25, 0.3) is 22.3 Å². The number of ether oxygens (including phenoxy) is 1. The van der Waals surface area contributed by atoms with Gasteiger partial charge in [-0.05, 0) is 50.9 Å². The Labute approximate surface area is 255 Å². The molecule has 2 heterocycles. The lowest BCUT2D eigenvalue weighted by molar-refractivity contribution is 0.0630. The number of piperidine rings is 1. The van der Waals surface area contributed by atoms with Crippen molar-refractivity contribution in [3.8, 4) is 22.8 Å². The lowest BCUT2D eigenvalue weighted by atomic mass is 9.85. The number of aromatic hydroxyl groups is 1. The van der Waals surface area contributed by atoms with Crippen LogP contribution < -0.4 is 21.2 Å². The van der Waals surface area contributed by atoms with Gasteiger partial charge in [-0.1, -0.05) is 36.6 Å². The van der Waals surface area contributed by atoms with Gasteiger partial charge in [0, 0.05) is 48.3 Å². The Kier molecular flexibility index (Phi) is 11.3. The molecular formula is C29H36Cl3N3O6. The number of phenols is 1. The molecular weight excluding hydrogens is 593 g/mol. The molecule has 224 valence electrons. The van der Waals surface area contributed by atoms with Crippen molar-refractivity contribution in [3.05, 3.63) is 57.2 Å². The first-order valence-electron chi connectivity index (χ1n) is 13.4. The van der Waals surface area contributed by atoms with Crippen LogP contribution in [0.5, 0.6) is 11.5 Å². The van der Waals surface area contributed by atoms with E-state index in [9.17, 15) is 19.8 Å². The summed E-state index contributed by atoms with van der Waals surface area (Å²) in [5, 5.41) is 25.1. The molecule has 0 spiro atoms. The van der Waals surface area contributed by atoms with Crippen molar-refractivity contribution >= 4 is 53.5 Å². The molecule has 0 unspecified atom stereocenters. The lowest BCUT2D eigenvalue weighted by Crippen LogP contribution is -2.42. The Hall–Kier alpha value is -2.53. The summed E-state index contributed by atoms with van der Waals surface area (Å²) in [6, 6.07) is 9.49. The van der Waals surface area contributed by atoms with E-state index in [1.54, 1.807) is 24.3 Å². The van der Waals surface area contributed by atoms with E-state index in [1.807, 2.05) is 11.9 Å². The third-order valence-corrected chi connectivity index (χ3v) is 8.29. The predicted octanol–water partition coefficient (Wildman–Crippen LogP) is 5.05. The highest BCUT2D eigenvalue weighted by Gasteiger charge is 2.34. The number of likely N-dealkylation sites (N-methyl/N-ethyl adjacent to an activating group) is 1. The smallest absolute Gasteiger partial charge is 0.412 e. The average Bonchev–Trinajstić information content (AvgIpc) is 2.89. The quantitative estimate of drug-likeness (QED) is 0.308. The maximum absolute atomic E-state index is 13.2. The number of carbonyl (C=O) groups is 1. The molecule has 1 aliphatic carbocycles. The van der Waals surface area contributed by atoms with Gasteiger partial charge in [0.25, 0.3) is 0 Å². The number of rotatable bonds is 5. The number of hydrogen-bond acceptors (Lipinski definition) is 8. The van der Waals surface area contributed by atoms with Gasteiger partial charge in [-0.25, -0.2) is 4.79 Å².